The first kappa shape index (κ1) is 18.2. The van der Waals surface area contributed by atoms with E-state index in [0.717, 1.165) is 51.4 Å². The zero-order chi connectivity index (χ0) is 17.9. The molecule has 0 spiro atoms. The van der Waals surface area contributed by atoms with Crippen molar-refractivity contribution in [2.75, 3.05) is 6.61 Å². The number of fused-ring (bicyclic) bond motifs is 5. The van der Waals surface area contributed by atoms with Crippen LogP contribution in [0.4, 0.5) is 8.78 Å². The summed E-state index contributed by atoms with van der Waals surface area (Å²) >= 11 is 0. The van der Waals surface area contributed by atoms with E-state index in [0.29, 0.717) is 5.92 Å². The molecule has 0 amide bonds. The van der Waals surface area contributed by atoms with Crippen LogP contribution >= 0.6 is 0 Å². The minimum atomic E-state index is -2.47. The number of hydrogen-bond donors (Lipinski definition) is 1. The van der Waals surface area contributed by atoms with Crippen molar-refractivity contribution >= 4 is 0 Å². The Balaban J connectivity index is 1.65. The molecule has 0 aromatic rings. The van der Waals surface area contributed by atoms with E-state index in [4.69, 9.17) is 0 Å². The molecule has 0 saturated heterocycles. The first-order valence-electron chi connectivity index (χ1n) is 10.8. The Labute approximate surface area is 152 Å². The molecule has 0 aromatic heterocycles. The summed E-state index contributed by atoms with van der Waals surface area (Å²) in [6, 6.07) is 0. The molecule has 0 aromatic carbocycles. The van der Waals surface area contributed by atoms with Crippen LogP contribution in [0.3, 0.4) is 0 Å². The third-order valence-corrected chi connectivity index (χ3v) is 9.48. The van der Waals surface area contributed by atoms with Gasteiger partial charge >= 0.3 is 0 Å². The zero-order valence-corrected chi connectivity index (χ0v) is 16.1. The van der Waals surface area contributed by atoms with Crippen LogP contribution in [-0.4, -0.2) is 17.6 Å². The van der Waals surface area contributed by atoms with Gasteiger partial charge in [-0.05, 0) is 85.9 Å². The lowest BCUT2D eigenvalue weighted by molar-refractivity contribution is -0.231. The summed E-state index contributed by atoms with van der Waals surface area (Å²) in [6.07, 6.45) is 10.8. The van der Waals surface area contributed by atoms with Gasteiger partial charge in [0.25, 0.3) is 5.92 Å². The molecule has 1 nitrogen and oxygen atoms in total. The van der Waals surface area contributed by atoms with Gasteiger partial charge in [0.1, 0.15) is 0 Å². The van der Waals surface area contributed by atoms with Gasteiger partial charge in [-0.1, -0.05) is 26.7 Å². The first-order valence-corrected chi connectivity index (χ1v) is 10.8. The Kier molecular flexibility index (Phi) is 4.49. The fourth-order valence-electron chi connectivity index (χ4n) is 8.11. The molecule has 4 aliphatic rings. The van der Waals surface area contributed by atoms with Gasteiger partial charge in [-0.25, -0.2) is 8.78 Å². The quantitative estimate of drug-likeness (QED) is 0.654. The Hall–Kier alpha value is -0.180. The van der Waals surface area contributed by atoms with E-state index < -0.39 is 5.92 Å². The molecule has 3 heteroatoms. The highest BCUT2D eigenvalue weighted by atomic mass is 19.3. The van der Waals surface area contributed by atoms with Gasteiger partial charge in [0.05, 0.1) is 0 Å². The van der Waals surface area contributed by atoms with Crippen molar-refractivity contribution in [2.45, 2.75) is 90.4 Å². The minimum Gasteiger partial charge on any atom is -0.396 e. The van der Waals surface area contributed by atoms with E-state index in [9.17, 15) is 5.11 Å². The molecule has 0 heterocycles. The lowest BCUT2D eigenvalue weighted by Crippen LogP contribution is -2.60. The first-order chi connectivity index (χ1) is 11.8. The van der Waals surface area contributed by atoms with E-state index in [1.165, 1.54) is 12.8 Å². The molecule has 4 fully saturated rings. The second-order valence-corrected chi connectivity index (χ2v) is 10.3. The predicted octanol–water partition coefficient (Wildman–Crippen LogP) is 6.05. The van der Waals surface area contributed by atoms with Crippen molar-refractivity contribution < 1.29 is 13.9 Å². The number of aliphatic hydroxyl groups is 1. The molecule has 144 valence electrons. The summed E-state index contributed by atoms with van der Waals surface area (Å²) in [5.41, 5.74) is 0.243. The van der Waals surface area contributed by atoms with E-state index in [-0.39, 0.29) is 47.5 Å². The average Bonchev–Trinajstić information content (AvgIpc) is 2.89. The lowest BCUT2D eigenvalue weighted by atomic mass is 9.44. The van der Waals surface area contributed by atoms with Crippen LogP contribution in [0.2, 0.25) is 0 Å². The number of hydrogen-bond acceptors (Lipinski definition) is 1. The summed E-state index contributed by atoms with van der Waals surface area (Å²) in [7, 11) is 0. The molecule has 1 N–H and O–H groups in total. The van der Waals surface area contributed by atoms with Gasteiger partial charge in [-0.2, -0.15) is 0 Å². The summed E-state index contributed by atoms with van der Waals surface area (Å²) in [5, 5.41) is 9.22. The molecule has 0 bridgehead atoms. The average molecular weight is 355 g/mol. The van der Waals surface area contributed by atoms with Crippen molar-refractivity contribution in [3.8, 4) is 0 Å². The maximum absolute atomic E-state index is 15.4. The molecular weight excluding hydrogens is 318 g/mol. The second-order valence-electron chi connectivity index (χ2n) is 10.3. The summed E-state index contributed by atoms with van der Waals surface area (Å²) < 4.78 is 30.9. The monoisotopic (exact) mass is 354 g/mol. The van der Waals surface area contributed by atoms with Crippen molar-refractivity contribution in [3.63, 3.8) is 0 Å². The Bertz CT molecular complexity index is 506. The Morgan fingerprint density at radius 2 is 1.68 bits per heavy atom. The molecule has 7 atom stereocenters. The van der Waals surface area contributed by atoms with Crippen molar-refractivity contribution in [1.29, 1.82) is 0 Å². The normalized spacial score (nSPS) is 51.5. The maximum Gasteiger partial charge on any atom is 0.251 e. The molecule has 0 radical (unpaired) electrons. The molecule has 4 rings (SSSR count). The Morgan fingerprint density at radius 3 is 2.44 bits per heavy atom. The summed E-state index contributed by atoms with van der Waals surface area (Å²) in [5.74, 6) is -1.64. The summed E-state index contributed by atoms with van der Waals surface area (Å²) in [6.45, 7) is 4.91. The van der Waals surface area contributed by atoms with E-state index >= 15 is 8.78 Å². The van der Waals surface area contributed by atoms with Crippen molar-refractivity contribution in [3.05, 3.63) is 0 Å². The fourth-order valence-corrected chi connectivity index (χ4v) is 8.11. The number of halogens is 2. The van der Waals surface area contributed by atoms with Gasteiger partial charge in [0.15, 0.2) is 0 Å². The molecule has 4 saturated carbocycles. The fraction of sp³-hybridized carbons (Fsp3) is 1.00. The highest BCUT2D eigenvalue weighted by Crippen LogP contribution is 2.70. The van der Waals surface area contributed by atoms with E-state index in [1.807, 2.05) is 0 Å². The molecule has 4 aliphatic carbocycles. The lowest BCUT2D eigenvalue weighted by Gasteiger charge is -2.62. The van der Waals surface area contributed by atoms with Crippen LogP contribution in [0.25, 0.3) is 0 Å². The largest absolute Gasteiger partial charge is 0.396 e. The third kappa shape index (κ3) is 2.62. The van der Waals surface area contributed by atoms with Gasteiger partial charge in [0.2, 0.25) is 0 Å². The highest BCUT2D eigenvalue weighted by molar-refractivity contribution is 5.12. The van der Waals surface area contributed by atoms with Gasteiger partial charge in [-0.15, -0.1) is 0 Å². The minimum absolute atomic E-state index is 0.0810. The SMILES string of the molecule is CC12CCC3C(C1CCC2CCCO)C(F)(F)CC1CCCCC13C. The van der Waals surface area contributed by atoms with Crippen LogP contribution in [0.1, 0.15) is 84.5 Å². The number of aliphatic hydroxyl groups excluding tert-OH is 1. The zero-order valence-electron chi connectivity index (χ0n) is 16.1. The van der Waals surface area contributed by atoms with E-state index in [1.54, 1.807) is 0 Å². The van der Waals surface area contributed by atoms with Crippen molar-refractivity contribution in [2.24, 2.45) is 40.4 Å². The third-order valence-electron chi connectivity index (χ3n) is 9.48. The second kappa shape index (κ2) is 6.17. The van der Waals surface area contributed by atoms with Crippen molar-refractivity contribution in [1.82, 2.24) is 0 Å². The van der Waals surface area contributed by atoms with Crippen LogP contribution < -0.4 is 0 Å². The maximum atomic E-state index is 15.4. The Morgan fingerprint density at radius 1 is 0.920 bits per heavy atom. The van der Waals surface area contributed by atoms with Gasteiger partial charge < -0.3 is 5.11 Å². The highest BCUT2D eigenvalue weighted by Gasteiger charge is 2.67. The van der Waals surface area contributed by atoms with Crippen LogP contribution in [0.15, 0.2) is 0 Å². The topological polar surface area (TPSA) is 20.2 Å². The van der Waals surface area contributed by atoms with Gasteiger partial charge in [-0.3, -0.25) is 0 Å². The smallest absolute Gasteiger partial charge is 0.251 e. The molecule has 0 aliphatic heterocycles. The van der Waals surface area contributed by atoms with Crippen LogP contribution in [0, 0.1) is 40.4 Å². The number of rotatable bonds is 3. The molecule has 25 heavy (non-hydrogen) atoms. The predicted molar refractivity (Wildman–Crippen MR) is 96.5 cm³/mol. The standard InChI is InChI=1S/C22H36F2O/c1-20-11-4-3-6-16(20)14-22(23,24)19-17-9-8-15(7-5-13-25)21(17,2)12-10-18(19)20/h15-19,25H,3-14H2,1-2H3. The molecular formula is C22H36F2O. The van der Waals surface area contributed by atoms with E-state index in [2.05, 4.69) is 13.8 Å². The number of alkyl halides is 2. The summed E-state index contributed by atoms with van der Waals surface area (Å²) in [4.78, 5) is 0. The van der Waals surface area contributed by atoms with Gasteiger partial charge in [0, 0.05) is 18.9 Å². The van der Waals surface area contributed by atoms with Crippen LogP contribution in [-0.2, 0) is 0 Å². The molecule has 7 unspecified atom stereocenters. The van der Waals surface area contributed by atoms with Crippen LogP contribution in [0.5, 0.6) is 0 Å².